The van der Waals surface area contributed by atoms with E-state index in [2.05, 4.69) is 15.4 Å². The van der Waals surface area contributed by atoms with Crippen LogP contribution in [0, 0.1) is 0 Å². The maximum atomic E-state index is 14.6. The van der Waals surface area contributed by atoms with Crippen molar-refractivity contribution in [2.75, 3.05) is 31.5 Å². The number of fused-ring (bicyclic) bond motifs is 2. The molecular formula is C27H31F3N6O4. The number of nitrogens with one attached hydrogen (secondary N) is 1. The second-order valence-electron chi connectivity index (χ2n) is 10.7. The van der Waals surface area contributed by atoms with Crippen LogP contribution in [0.3, 0.4) is 0 Å². The summed E-state index contributed by atoms with van der Waals surface area (Å²) in [6.45, 7) is 3.03. The Morgan fingerprint density at radius 2 is 1.98 bits per heavy atom. The van der Waals surface area contributed by atoms with Gasteiger partial charge in [0.1, 0.15) is 23.6 Å². The normalized spacial score (nSPS) is 17.5. The van der Waals surface area contributed by atoms with Gasteiger partial charge >= 0.3 is 0 Å². The van der Waals surface area contributed by atoms with Crippen LogP contribution in [0.1, 0.15) is 53.0 Å². The number of anilines is 1. The first-order valence-electron chi connectivity index (χ1n) is 13.1. The van der Waals surface area contributed by atoms with Crippen molar-refractivity contribution >= 4 is 23.1 Å². The van der Waals surface area contributed by atoms with E-state index in [0.29, 0.717) is 48.4 Å². The Labute approximate surface area is 228 Å². The first-order chi connectivity index (χ1) is 19.0. The zero-order chi connectivity index (χ0) is 28.6. The third-order valence-electron chi connectivity index (χ3n) is 7.23. The second kappa shape index (κ2) is 11.0. The van der Waals surface area contributed by atoms with Crippen LogP contribution >= 0.6 is 0 Å². The number of carbonyl (C=O) groups excluding carboxylic acids is 2. The number of amides is 2. The van der Waals surface area contributed by atoms with E-state index in [1.807, 2.05) is 0 Å². The number of rotatable bonds is 9. The van der Waals surface area contributed by atoms with Gasteiger partial charge in [-0.05, 0) is 50.5 Å². The van der Waals surface area contributed by atoms with Gasteiger partial charge in [-0.15, -0.1) is 0 Å². The van der Waals surface area contributed by atoms with Gasteiger partial charge in [0.05, 0.1) is 30.6 Å². The quantitative estimate of drug-likeness (QED) is 0.414. The van der Waals surface area contributed by atoms with Crippen LogP contribution < -0.4 is 10.1 Å². The van der Waals surface area contributed by atoms with E-state index in [4.69, 9.17) is 4.74 Å². The molecule has 1 fully saturated rings. The van der Waals surface area contributed by atoms with Crippen LogP contribution in [0.25, 0.3) is 5.65 Å². The molecule has 3 aromatic rings. The molecule has 40 heavy (non-hydrogen) atoms. The molecule has 2 aromatic heterocycles. The number of benzene rings is 1. The lowest BCUT2D eigenvalue weighted by Crippen LogP contribution is -2.42. The summed E-state index contributed by atoms with van der Waals surface area (Å²) < 4.78 is 47.9. The molecule has 1 unspecified atom stereocenters. The summed E-state index contributed by atoms with van der Waals surface area (Å²) in [6.07, 6.45) is 1.18. The van der Waals surface area contributed by atoms with Crippen molar-refractivity contribution in [2.24, 2.45) is 0 Å². The highest BCUT2D eigenvalue weighted by molar-refractivity contribution is 6.09. The highest BCUT2D eigenvalue weighted by atomic mass is 19.3. The summed E-state index contributed by atoms with van der Waals surface area (Å²) in [7, 11) is 0. The number of alkyl halides is 3. The lowest BCUT2D eigenvalue weighted by molar-refractivity contribution is -0.0159. The molecule has 4 heterocycles. The van der Waals surface area contributed by atoms with E-state index >= 15 is 0 Å². The molecule has 2 amide bonds. The highest BCUT2D eigenvalue weighted by Gasteiger charge is 2.36. The standard InChI is InChI=1S/C27H31F3N6O4/c1-27(2,39)22(28)14-35-13-16-10-20(33-25(37)19-12-32-36-7-3-6-31-24(19)36)21(11-18(16)26(35)38)40-17-4-8-34(9-5-17)15-23(29)30/h3,6-7,10-12,17,22-23,39H,4-5,8-9,13-15H2,1-2H3,(H,33,37). The van der Waals surface area contributed by atoms with Crippen LogP contribution in [0.4, 0.5) is 18.9 Å². The fourth-order valence-corrected chi connectivity index (χ4v) is 4.92. The molecule has 0 bridgehead atoms. The monoisotopic (exact) mass is 560 g/mol. The lowest BCUT2D eigenvalue weighted by Gasteiger charge is -2.32. The fourth-order valence-electron chi connectivity index (χ4n) is 4.92. The minimum atomic E-state index is -2.42. The summed E-state index contributed by atoms with van der Waals surface area (Å²) in [5, 5.41) is 17.0. The number of ether oxygens (including phenoxy) is 1. The molecule has 2 aliphatic heterocycles. The topological polar surface area (TPSA) is 112 Å². The molecule has 0 spiro atoms. The minimum Gasteiger partial charge on any atom is -0.488 e. The van der Waals surface area contributed by atoms with Crippen molar-refractivity contribution in [3.05, 3.63) is 53.5 Å². The molecule has 0 aliphatic carbocycles. The summed E-state index contributed by atoms with van der Waals surface area (Å²) >= 11 is 0. The first kappa shape index (κ1) is 27.8. The van der Waals surface area contributed by atoms with E-state index in [1.54, 1.807) is 29.4 Å². The Morgan fingerprint density at radius 1 is 1.23 bits per heavy atom. The molecule has 1 aromatic carbocycles. The molecule has 2 aliphatic rings. The summed E-state index contributed by atoms with van der Waals surface area (Å²) in [5.41, 5.74) is 0.156. The van der Waals surface area contributed by atoms with Crippen molar-refractivity contribution < 1.29 is 32.6 Å². The molecule has 13 heteroatoms. The number of carbonyl (C=O) groups is 2. The van der Waals surface area contributed by atoms with Gasteiger partial charge in [-0.3, -0.25) is 14.5 Å². The molecule has 5 rings (SSSR count). The second-order valence-corrected chi connectivity index (χ2v) is 10.7. The van der Waals surface area contributed by atoms with Crippen molar-refractivity contribution in [1.29, 1.82) is 0 Å². The van der Waals surface area contributed by atoms with Crippen molar-refractivity contribution in [2.45, 2.75) is 57.5 Å². The van der Waals surface area contributed by atoms with E-state index in [1.165, 1.54) is 35.5 Å². The van der Waals surface area contributed by atoms with Crippen LogP contribution in [-0.4, -0.2) is 91.8 Å². The average Bonchev–Trinajstić information content (AvgIpc) is 3.46. The number of nitrogens with zero attached hydrogens (tertiary/aromatic N) is 5. The van der Waals surface area contributed by atoms with Gasteiger partial charge in [-0.25, -0.2) is 22.7 Å². The van der Waals surface area contributed by atoms with Gasteiger partial charge < -0.3 is 20.1 Å². The van der Waals surface area contributed by atoms with Gasteiger partial charge in [0.25, 0.3) is 18.2 Å². The van der Waals surface area contributed by atoms with Gasteiger partial charge in [-0.1, -0.05) is 0 Å². The van der Waals surface area contributed by atoms with Crippen LogP contribution in [0.5, 0.6) is 5.75 Å². The SMILES string of the molecule is CC(C)(O)C(F)CN1Cc2cc(NC(=O)c3cnn4cccnc34)c(OC3CCN(CC(F)F)CC3)cc2C1=O. The minimum absolute atomic E-state index is 0.0953. The third kappa shape index (κ3) is 5.89. The highest BCUT2D eigenvalue weighted by Crippen LogP contribution is 2.36. The largest absolute Gasteiger partial charge is 0.488 e. The smallest absolute Gasteiger partial charge is 0.261 e. The Morgan fingerprint density at radius 3 is 2.67 bits per heavy atom. The third-order valence-corrected chi connectivity index (χ3v) is 7.23. The number of aromatic nitrogens is 3. The zero-order valence-corrected chi connectivity index (χ0v) is 22.2. The fraction of sp³-hybridized carbons (Fsp3) is 0.481. The predicted octanol–water partition coefficient (Wildman–Crippen LogP) is 3.15. The number of piperidine rings is 1. The summed E-state index contributed by atoms with van der Waals surface area (Å²) in [6, 6.07) is 4.84. The molecule has 0 saturated carbocycles. The molecule has 0 radical (unpaired) electrons. The molecule has 214 valence electrons. The Kier molecular flexibility index (Phi) is 7.69. The molecule has 10 nitrogen and oxygen atoms in total. The van der Waals surface area contributed by atoms with Gasteiger partial charge in [-0.2, -0.15) is 5.10 Å². The van der Waals surface area contributed by atoms with Crippen molar-refractivity contribution in [3.63, 3.8) is 0 Å². The first-order valence-corrected chi connectivity index (χ1v) is 13.1. The van der Waals surface area contributed by atoms with Gasteiger partial charge in [0, 0.05) is 37.6 Å². The maximum Gasteiger partial charge on any atom is 0.261 e. The zero-order valence-electron chi connectivity index (χ0n) is 22.2. The van der Waals surface area contributed by atoms with E-state index < -0.39 is 30.0 Å². The Balaban J connectivity index is 1.40. The van der Waals surface area contributed by atoms with E-state index in [-0.39, 0.29) is 37.1 Å². The Hall–Kier alpha value is -3.71. The number of hydrogen-bond donors (Lipinski definition) is 2. The van der Waals surface area contributed by atoms with Crippen LogP contribution in [-0.2, 0) is 6.54 Å². The molecule has 1 saturated heterocycles. The van der Waals surface area contributed by atoms with Gasteiger partial charge in [0.2, 0.25) is 0 Å². The Bertz CT molecular complexity index is 1400. The molecular weight excluding hydrogens is 529 g/mol. The van der Waals surface area contributed by atoms with Crippen molar-refractivity contribution in [3.8, 4) is 5.75 Å². The number of likely N-dealkylation sites (tertiary alicyclic amines) is 1. The maximum absolute atomic E-state index is 14.6. The van der Waals surface area contributed by atoms with E-state index in [0.717, 1.165) is 0 Å². The number of hydrogen-bond acceptors (Lipinski definition) is 7. The summed E-state index contributed by atoms with van der Waals surface area (Å²) in [4.78, 5) is 33.6. The number of aliphatic hydroxyl groups is 1. The van der Waals surface area contributed by atoms with Crippen LogP contribution in [0.2, 0.25) is 0 Å². The van der Waals surface area contributed by atoms with Crippen LogP contribution in [0.15, 0.2) is 36.8 Å². The van der Waals surface area contributed by atoms with Crippen molar-refractivity contribution in [1.82, 2.24) is 24.4 Å². The lowest BCUT2D eigenvalue weighted by atomic mass is 10.0. The molecule has 2 N–H and O–H groups in total. The van der Waals surface area contributed by atoms with Gasteiger partial charge in [0.15, 0.2) is 5.65 Å². The molecule has 1 atom stereocenters. The summed E-state index contributed by atoms with van der Waals surface area (Å²) in [5.74, 6) is -0.654. The predicted molar refractivity (Wildman–Crippen MR) is 139 cm³/mol. The van der Waals surface area contributed by atoms with E-state index in [9.17, 15) is 27.9 Å². The number of halogens is 3. The average molecular weight is 561 g/mol.